The Balaban J connectivity index is 1.52. The molecule has 64 heavy (non-hydrogen) atoms. The van der Waals surface area contributed by atoms with Crippen molar-refractivity contribution in [1.82, 2.24) is 10.6 Å². The molecule has 30 heteroatoms. The van der Waals surface area contributed by atoms with Crippen LogP contribution < -0.4 is 10.6 Å². The summed E-state index contributed by atoms with van der Waals surface area (Å²) >= 11 is 0. The maximum atomic E-state index is 12.9. The van der Waals surface area contributed by atoms with Crippen LogP contribution in [0.1, 0.15) is 13.8 Å². The summed E-state index contributed by atoms with van der Waals surface area (Å²) in [5.74, 6) is -1.55. The van der Waals surface area contributed by atoms with Crippen LogP contribution in [0.15, 0.2) is 0 Å². The van der Waals surface area contributed by atoms with E-state index in [1.807, 2.05) is 0 Å². The Kier molecular flexibility index (Phi) is 18.5. The number of hydrogen-bond donors (Lipinski definition) is 15. The van der Waals surface area contributed by atoms with Gasteiger partial charge in [0.1, 0.15) is 115 Å². The molecule has 29 nitrogen and oxygen atoms in total. The molecule has 0 aromatic heterocycles. The molecule has 0 unspecified atom stereocenters. The average Bonchev–Trinajstić information content (AvgIpc) is 3.23. The highest BCUT2D eigenvalue weighted by molar-refractivity contribution is 7.86. The highest BCUT2D eigenvalue weighted by Crippen LogP contribution is 2.37. The highest BCUT2D eigenvalue weighted by Gasteiger charge is 2.58. The van der Waals surface area contributed by atoms with E-state index in [4.69, 9.17) is 47.4 Å². The molecule has 0 aromatic rings. The number of ether oxygens (including phenoxy) is 10. The Bertz CT molecular complexity index is 1640. The highest BCUT2D eigenvalue weighted by atomic mass is 32.2. The van der Waals surface area contributed by atoms with Gasteiger partial charge in [-0.2, -0.15) is 8.42 Å². The molecule has 2 amide bonds. The van der Waals surface area contributed by atoms with Crippen LogP contribution in [-0.4, -0.2) is 273 Å². The number of carbonyl (C=O) groups excluding carboxylic acids is 2. The van der Waals surface area contributed by atoms with E-state index in [1.54, 1.807) is 0 Å². The van der Waals surface area contributed by atoms with Crippen LogP contribution in [0.25, 0.3) is 0 Å². The van der Waals surface area contributed by atoms with Crippen molar-refractivity contribution in [2.45, 2.75) is 160 Å². The van der Waals surface area contributed by atoms with E-state index in [0.717, 1.165) is 13.8 Å². The number of aliphatic hydroxyl groups excluding tert-OH is 12. The van der Waals surface area contributed by atoms with E-state index >= 15 is 0 Å². The van der Waals surface area contributed by atoms with E-state index in [2.05, 4.69) is 10.6 Å². The van der Waals surface area contributed by atoms with E-state index in [-0.39, 0.29) is 0 Å². The van der Waals surface area contributed by atoms with Gasteiger partial charge in [0, 0.05) is 21.0 Å². The third-order valence-electron chi connectivity index (χ3n) is 11.3. The molecule has 0 saturated carbocycles. The summed E-state index contributed by atoms with van der Waals surface area (Å²) in [6.07, 6.45) is -40.0. The second-order valence-electron chi connectivity index (χ2n) is 15.7. The first-order valence-corrected chi connectivity index (χ1v) is 21.4. The van der Waals surface area contributed by atoms with Gasteiger partial charge in [0.25, 0.3) is 10.1 Å². The lowest BCUT2D eigenvalue weighted by molar-refractivity contribution is -0.385. The van der Waals surface area contributed by atoms with Crippen molar-refractivity contribution in [2.24, 2.45) is 0 Å². The second-order valence-corrected chi connectivity index (χ2v) is 17.3. The number of aliphatic hydroxyl groups is 12. The first-order valence-electron chi connectivity index (χ1n) is 19.9. The molecule has 5 heterocycles. The van der Waals surface area contributed by atoms with Crippen LogP contribution in [0.4, 0.5) is 0 Å². The number of carbonyl (C=O) groups is 2. The first-order chi connectivity index (χ1) is 30.1. The standard InChI is InChI=1S/C34H58N2O27S/c1-9(41)35-16-21(47)25(14(6-39)58-30(16)54-3)60-33-23(49)28(19(45)12(4-37)56-33)63-31-17(36-10(2)42)27(62-34-24(50)29(64(51,52)53)20(46)13(5-38)57-34)26(15(7-40)59-31)61-32-22(48)18(44)11(43)8-55-32/h11-34,37-40,43-50H,4-8H2,1-3H3,(H,35,41)(H,36,42)(H,51,52,53)/t11-,12-,13-,14-,15-,16-,17-,18-,19+,20+,21-,22+,23-,24-,25-,26-,27-,28+,29+,30-,31+,32+,33+,34+/m1/s1. The van der Waals surface area contributed by atoms with Crippen molar-refractivity contribution in [1.29, 1.82) is 0 Å². The summed E-state index contributed by atoms with van der Waals surface area (Å²) in [6.45, 7) is -2.55. The van der Waals surface area contributed by atoms with Gasteiger partial charge in [-0.3, -0.25) is 14.1 Å². The fourth-order valence-electron chi connectivity index (χ4n) is 8.07. The number of amides is 2. The van der Waals surface area contributed by atoms with Gasteiger partial charge >= 0.3 is 0 Å². The molecule has 5 aliphatic rings. The second kappa shape index (κ2) is 22.4. The lowest BCUT2D eigenvalue weighted by Gasteiger charge is -2.51. The summed E-state index contributed by atoms with van der Waals surface area (Å²) in [4.78, 5) is 24.8. The van der Waals surface area contributed by atoms with Crippen LogP contribution in [0.2, 0.25) is 0 Å². The molecular weight excluding hydrogens is 900 g/mol. The lowest BCUT2D eigenvalue weighted by Crippen LogP contribution is -2.71. The van der Waals surface area contributed by atoms with Crippen molar-refractivity contribution in [2.75, 3.05) is 40.1 Å². The third kappa shape index (κ3) is 11.4. The maximum absolute atomic E-state index is 12.9. The van der Waals surface area contributed by atoms with Gasteiger partial charge in [-0.25, -0.2) is 0 Å². The number of hydrogen-bond acceptors (Lipinski definition) is 26. The van der Waals surface area contributed by atoms with Gasteiger partial charge in [0.05, 0.1) is 33.0 Å². The topological polar surface area (TPSA) is 448 Å². The summed E-state index contributed by atoms with van der Waals surface area (Å²) in [5, 5.41) is 131. The van der Waals surface area contributed by atoms with Gasteiger partial charge in [0.2, 0.25) is 11.8 Å². The van der Waals surface area contributed by atoms with Gasteiger partial charge < -0.3 is 119 Å². The molecule has 372 valence electrons. The largest absolute Gasteiger partial charge is 0.394 e. The Morgan fingerprint density at radius 1 is 0.531 bits per heavy atom. The quantitative estimate of drug-likeness (QED) is 0.0639. The van der Waals surface area contributed by atoms with Crippen molar-refractivity contribution in [3.05, 3.63) is 0 Å². The number of nitrogens with one attached hydrogen (secondary N) is 2. The van der Waals surface area contributed by atoms with Crippen LogP contribution in [0.3, 0.4) is 0 Å². The zero-order valence-electron chi connectivity index (χ0n) is 34.3. The van der Waals surface area contributed by atoms with E-state index < -0.39 is 201 Å². The predicted molar refractivity (Wildman–Crippen MR) is 198 cm³/mol. The Morgan fingerprint density at radius 3 is 1.55 bits per heavy atom. The van der Waals surface area contributed by atoms with E-state index in [1.165, 1.54) is 7.11 Å². The minimum absolute atomic E-state index is 0.623. The SMILES string of the molecule is CO[C@@H]1O[C@H](CO)[C@@H](O[C@@H]2O[C@H](CO)[C@H](O)[C@H](O[C@@H]3O[C@H](CO)[C@@H](O[C@@H]4OC[C@@H](O)[C@@H](O)[C@@H]4O)[C@H](O[C@@H]4O[C@H](CO)[C@H](O)[C@H](S(=O)(=O)O)[C@H]4O)[C@H]3NC(C)=O)[C@H]2O)[C@H](O)[C@H]1NC(C)=O. The van der Waals surface area contributed by atoms with Crippen LogP contribution in [-0.2, 0) is 67.1 Å². The smallest absolute Gasteiger partial charge is 0.273 e. The first kappa shape index (κ1) is 52.9. The van der Waals surface area contributed by atoms with Crippen LogP contribution in [0.5, 0.6) is 0 Å². The van der Waals surface area contributed by atoms with Gasteiger partial charge in [-0.05, 0) is 0 Å². The van der Waals surface area contributed by atoms with Crippen LogP contribution in [0, 0.1) is 0 Å². The molecule has 0 spiro atoms. The summed E-state index contributed by atoms with van der Waals surface area (Å²) in [5.41, 5.74) is 0. The molecule has 5 aliphatic heterocycles. The molecular formula is C34H58N2O27S. The Morgan fingerprint density at radius 2 is 1.00 bits per heavy atom. The molecule has 24 atom stereocenters. The van der Waals surface area contributed by atoms with Gasteiger partial charge in [-0.1, -0.05) is 0 Å². The van der Waals surface area contributed by atoms with Crippen molar-refractivity contribution >= 4 is 21.9 Å². The molecule has 5 saturated heterocycles. The average molecular weight is 959 g/mol. The Labute approximate surface area is 363 Å². The zero-order valence-corrected chi connectivity index (χ0v) is 35.1. The van der Waals surface area contributed by atoms with Crippen LogP contribution >= 0.6 is 0 Å². The summed E-state index contributed by atoms with van der Waals surface area (Å²) in [6, 6.07) is -3.20. The van der Waals surface area contributed by atoms with Gasteiger partial charge in [-0.15, -0.1) is 0 Å². The van der Waals surface area contributed by atoms with Crippen molar-refractivity contribution in [3.63, 3.8) is 0 Å². The molecule has 15 N–H and O–H groups in total. The Hall–Kier alpha value is -2.03. The maximum Gasteiger partial charge on any atom is 0.273 e. The zero-order chi connectivity index (χ0) is 47.5. The molecule has 0 aliphatic carbocycles. The monoisotopic (exact) mass is 958 g/mol. The lowest BCUT2D eigenvalue weighted by atomic mass is 9.93. The van der Waals surface area contributed by atoms with Gasteiger partial charge in [0.15, 0.2) is 31.5 Å². The summed E-state index contributed by atoms with van der Waals surface area (Å²) < 4.78 is 91.8. The molecule has 0 aromatic carbocycles. The van der Waals surface area contributed by atoms with Crippen molar-refractivity contribution < 1.29 is 131 Å². The minimum atomic E-state index is -5.36. The normalized spacial score (nSPS) is 46.9. The van der Waals surface area contributed by atoms with E-state index in [9.17, 15) is 83.8 Å². The number of rotatable bonds is 16. The predicted octanol–water partition coefficient (Wildman–Crippen LogP) is -10.4. The molecule has 0 bridgehead atoms. The number of methoxy groups -OCH3 is 1. The van der Waals surface area contributed by atoms with Crippen molar-refractivity contribution in [3.8, 4) is 0 Å². The fourth-order valence-corrected chi connectivity index (χ4v) is 9.08. The third-order valence-corrected chi connectivity index (χ3v) is 12.5. The minimum Gasteiger partial charge on any atom is -0.394 e. The summed E-state index contributed by atoms with van der Waals surface area (Å²) in [7, 11) is -4.17. The van der Waals surface area contributed by atoms with E-state index in [0.29, 0.717) is 0 Å². The fraction of sp³-hybridized carbons (Fsp3) is 0.941. The molecule has 5 fully saturated rings. The molecule has 0 radical (unpaired) electrons. The molecule has 5 rings (SSSR count).